The molecule has 19 rings (SSSR count). The molecule has 10 N–H and O–H groups in total. The van der Waals surface area contributed by atoms with Gasteiger partial charge in [-0.05, 0) is 171 Å². The maximum atomic E-state index is 12.9. The molecule has 0 aliphatic heterocycles. The fourth-order valence-corrected chi connectivity index (χ4v) is 32.6. The van der Waals surface area contributed by atoms with Crippen LogP contribution in [-0.2, 0) is 54.0 Å². The summed E-state index contributed by atoms with van der Waals surface area (Å²) >= 11 is 20.9. The molecular weight excluding hydrogens is 2060 g/mol. The van der Waals surface area contributed by atoms with Crippen molar-refractivity contribution >= 4 is 270 Å². The lowest BCUT2D eigenvalue weighted by molar-refractivity contribution is 0.0821. The number of fused-ring (bicyclic) bond motifs is 5. The third-order valence-corrected chi connectivity index (χ3v) is 41.9. The molecule has 19 aromatic rings. The summed E-state index contributed by atoms with van der Waals surface area (Å²) in [5.41, 5.74) is 48.8. The number of carbonyl (C=O) groups excluding carboxylic acids is 2. The van der Waals surface area contributed by atoms with E-state index >= 15 is 0 Å². The number of aromatic nitrogens is 6. The minimum atomic E-state index is -1.17. The standard InChI is InChI=1S/C23H24N4O2S3.C21H19ClN2OS3.2C21H20N2OS3.C18H21N3O2S3/c1-4-5-12-32(29)23-19(24)18-16(14-6-8-15(9-7-14)22(28)27(2)3)13-17(26-21(18)31-23)20-25-10-11-30-20;22-10-4-5-12-28(25)21-19(23)18-15(14-7-2-1-3-8-14)13-16(24-20(18)27-21)17-9-6-11-26-17;2*1-2-3-12-27(24)21-19(22)18-15(14-8-5-4-6-9-14)13-16(23-20(18)26-21)17-10-7-11-25-17;1-4-5-9-26(23)18-15(19)14-11(17(22)21(2)3)10-12(20-16(14)25-18)13-7-6-8-24-13/h6-11,13H,4-5,12,24H2,1-3H3;1-3,6-9,11,13H,4-5,10,12,23H2;2*4-11,13H,2-3,12,22H2,1H3;6-8,10H,4-5,9,19H2,1-3H3. The van der Waals surface area contributed by atoms with Crippen LogP contribution in [0.15, 0.2) is 248 Å². The summed E-state index contributed by atoms with van der Waals surface area (Å²) in [6.07, 6.45) is 11.0. The lowest BCUT2D eigenvalue weighted by Crippen LogP contribution is -2.22. The molecule has 0 fully saturated rings. The van der Waals surface area contributed by atoms with Crippen molar-refractivity contribution in [1.82, 2.24) is 39.7 Å². The number of unbranched alkanes of at least 4 members (excludes halogenated alkanes) is 5. The third kappa shape index (κ3) is 24.1. The quantitative estimate of drug-likeness (QED) is 0.0193. The van der Waals surface area contributed by atoms with Gasteiger partial charge >= 0.3 is 0 Å². The lowest BCUT2D eigenvalue weighted by Gasteiger charge is -2.12. The molecule has 724 valence electrons. The largest absolute Gasteiger partial charge is 0.396 e. The number of alkyl halides is 1. The molecule has 0 bridgehead atoms. The molecule has 4 aromatic carbocycles. The van der Waals surface area contributed by atoms with Gasteiger partial charge in [-0.15, -0.1) is 125 Å². The first-order valence-corrected chi connectivity index (χ1v) is 60.9. The number of rotatable bonds is 32. The van der Waals surface area contributed by atoms with Gasteiger partial charge in [0.1, 0.15) is 55.9 Å². The molecule has 0 saturated heterocycles. The Balaban J connectivity index is 0.000000133. The fraction of sp³-hybridized carbons (Fsp3) is 0.231. The monoisotopic (exact) mass is 2160 g/mol. The average Bonchev–Trinajstić information content (AvgIpc) is 1.63. The van der Waals surface area contributed by atoms with Crippen molar-refractivity contribution in [3.05, 3.63) is 238 Å². The highest BCUT2D eigenvalue weighted by Gasteiger charge is 2.30. The Morgan fingerprint density at radius 1 is 0.321 bits per heavy atom. The van der Waals surface area contributed by atoms with Crippen LogP contribution in [0, 0.1) is 0 Å². The van der Waals surface area contributed by atoms with Crippen LogP contribution in [0.2, 0.25) is 0 Å². The third-order valence-electron chi connectivity index (χ3n) is 22.3. The van der Waals surface area contributed by atoms with E-state index in [-0.39, 0.29) is 11.8 Å². The van der Waals surface area contributed by atoms with Crippen LogP contribution in [0.25, 0.3) is 149 Å². The summed E-state index contributed by atoms with van der Waals surface area (Å²) in [6, 6.07) is 64.3. The summed E-state index contributed by atoms with van der Waals surface area (Å²) in [5.74, 6) is 3.42. The molecule has 140 heavy (non-hydrogen) atoms. The smallest absolute Gasteiger partial charge is 0.254 e. The van der Waals surface area contributed by atoms with Crippen LogP contribution in [0.3, 0.4) is 0 Å². The van der Waals surface area contributed by atoms with Crippen LogP contribution in [0.5, 0.6) is 0 Å². The van der Waals surface area contributed by atoms with E-state index in [9.17, 15) is 30.6 Å². The zero-order valence-electron chi connectivity index (χ0n) is 78.1. The van der Waals surface area contributed by atoms with E-state index in [1.807, 2.05) is 131 Å². The lowest BCUT2D eigenvalue weighted by atomic mass is 10.0. The Morgan fingerprint density at radius 3 is 0.893 bits per heavy atom. The number of hydrogen-bond donors (Lipinski definition) is 5. The van der Waals surface area contributed by atoms with E-state index in [1.54, 1.807) is 90.7 Å². The highest BCUT2D eigenvalue weighted by Crippen LogP contribution is 2.50. The van der Waals surface area contributed by atoms with Crippen molar-refractivity contribution in [2.75, 3.05) is 91.5 Å². The number of nitrogens with two attached hydrogens (primary N) is 5. The second-order valence-corrected chi connectivity index (χ2v) is 51.5. The van der Waals surface area contributed by atoms with Gasteiger partial charge in [-0.1, -0.05) is 181 Å². The number of hydrogen-bond acceptors (Lipinski definition) is 28. The second-order valence-electron chi connectivity index (χ2n) is 32.6. The Labute approximate surface area is 872 Å². The number of nitrogen functional groups attached to an aromatic ring is 5. The van der Waals surface area contributed by atoms with Crippen molar-refractivity contribution in [3.63, 3.8) is 0 Å². The number of benzene rings is 4. The second kappa shape index (κ2) is 49.2. The molecule has 0 aliphatic rings. The summed E-state index contributed by atoms with van der Waals surface area (Å²) in [4.78, 5) is 64.9. The van der Waals surface area contributed by atoms with Crippen LogP contribution in [0.1, 0.15) is 113 Å². The van der Waals surface area contributed by atoms with Crippen LogP contribution in [-0.4, -0.2) is 135 Å². The zero-order chi connectivity index (χ0) is 98.8. The van der Waals surface area contributed by atoms with Gasteiger partial charge < -0.3 is 38.5 Å². The average molecular weight is 2160 g/mol. The number of carbonyl (C=O) groups is 2. The number of pyridine rings is 5. The number of thiazole rings is 1. The van der Waals surface area contributed by atoms with E-state index in [2.05, 4.69) is 116 Å². The van der Waals surface area contributed by atoms with Crippen molar-refractivity contribution in [2.45, 2.75) is 113 Å². The molecule has 5 atom stereocenters. The molecule has 0 spiro atoms. The van der Waals surface area contributed by atoms with Crippen LogP contribution in [0.4, 0.5) is 28.4 Å². The number of nitrogens with zero attached hydrogens (tertiary/aromatic N) is 8. The summed E-state index contributed by atoms with van der Waals surface area (Å²) in [6.45, 7) is 8.35. The fourth-order valence-electron chi connectivity index (χ4n) is 15.1. The normalized spacial score (nSPS) is 12.4. The topological polar surface area (TPSA) is 333 Å². The minimum absolute atomic E-state index is 0.0523. The molecule has 5 unspecified atom stereocenters. The first-order valence-electron chi connectivity index (χ1n) is 45.3. The Kier molecular flexibility index (Phi) is 36.6. The van der Waals surface area contributed by atoms with E-state index in [0.29, 0.717) is 92.8 Å². The number of anilines is 5. The SMILES string of the molecule is CCCCS(=O)c1sc2nc(-c3cccs3)cc(-c3ccccc3)c2c1N.CCCCS(=O)c1sc2nc(-c3cccs3)cc(-c3ccccc3)c2c1N.CCCCS(=O)c1sc2nc(-c3cccs3)cc(C(=O)N(C)C)c2c1N.CCCCS(=O)c1sc2nc(-c3nccs3)cc(-c3ccc(C(=O)N(C)C)cc3)c2c1N.Nc1c(S(=O)CCCCCl)sc2nc(-c3cccs3)cc(-c3ccccc3)c12. The Hall–Kier alpha value is -10.2. The summed E-state index contributed by atoms with van der Waals surface area (Å²) < 4.78 is 67.5. The summed E-state index contributed by atoms with van der Waals surface area (Å²) in [7, 11) is 1.25. The van der Waals surface area contributed by atoms with E-state index < -0.39 is 54.0 Å². The van der Waals surface area contributed by atoms with E-state index in [0.717, 1.165) is 215 Å². The van der Waals surface area contributed by atoms with Gasteiger partial charge in [-0.3, -0.25) is 30.6 Å². The summed E-state index contributed by atoms with van der Waals surface area (Å²) in [5, 5.41) is 15.0. The predicted octanol–water partition coefficient (Wildman–Crippen LogP) is 28.3. The van der Waals surface area contributed by atoms with Gasteiger partial charge in [0, 0.05) is 107 Å². The molecule has 2 amide bonds. The first kappa shape index (κ1) is 104. The van der Waals surface area contributed by atoms with Gasteiger partial charge in [0.25, 0.3) is 11.8 Å². The van der Waals surface area contributed by atoms with Crippen molar-refractivity contribution in [2.24, 2.45) is 0 Å². The van der Waals surface area contributed by atoms with Crippen molar-refractivity contribution in [1.29, 1.82) is 0 Å². The molecule has 0 aliphatic carbocycles. The molecule has 15 heterocycles. The number of amides is 2. The molecular formula is C104H104ClN13O7S15. The van der Waals surface area contributed by atoms with Crippen molar-refractivity contribution < 1.29 is 30.6 Å². The van der Waals surface area contributed by atoms with Gasteiger partial charge in [0.15, 0.2) is 0 Å². The molecule has 36 heteroatoms. The Morgan fingerprint density at radius 2 is 0.607 bits per heavy atom. The molecule has 0 radical (unpaired) electrons. The number of halogens is 1. The highest BCUT2D eigenvalue weighted by atomic mass is 35.5. The maximum Gasteiger partial charge on any atom is 0.254 e. The molecule has 0 saturated carbocycles. The van der Waals surface area contributed by atoms with E-state index in [4.69, 9.17) is 65.2 Å². The predicted molar refractivity (Wildman–Crippen MR) is 608 cm³/mol. The first-order chi connectivity index (χ1) is 67.9. The molecule has 15 aromatic heterocycles. The Bertz CT molecular complexity index is 7420. The van der Waals surface area contributed by atoms with Gasteiger partial charge in [-0.25, -0.2) is 29.9 Å². The molecule has 20 nitrogen and oxygen atoms in total. The zero-order valence-corrected chi connectivity index (χ0v) is 91.1. The van der Waals surface area contributed by atoms with Gasteiger partial charge in [-0.2, -0.15) is 0 Å². The van der Waals surface area contributed by atoms with Crippen LogP contribution < -0.4 is 28.7 Å². The van der Waals surface area contributed by atoms with Gasteiger partial charge in [0.05, 0.1) is 130 Å². The van der Waals surface area contributed by atoms with Gasteiger partial charge in [0.2, 0.25) is 0 Å². The number of thiophene rings is 9. The highest BCUT2D eigenvalue weighted by molar-refractivity contribution is 7.89. The van der Waals surface area contributed by atoms with E-state index in [1.165, 1.54) is 72.9 Å². The maximum absolute atomic E-state index is 12.9. The van der Waals surface area contributed by atoms with Crippen molar-refractivity contribution in [3.8, 4) is 97.5 Å². The van der Waals surface area contributed by atoms with Crippen LogP contribution >= 0.6 is 125 Å². The minimum Gasteiger partial charge on any atom is -0.396 e.